The lowest BCUT2D eigenvalue weighted by molar-refractivity contribution is -0.384. The monoisotopic (exact) mass is 351 g/mol. The molecule has 1 heterocycles. The number of benzene rings is 1. The highest BCUT2D eigenvalue weighted by atomic mass is 28.4. The second-order valence-electron chi connectivity index (χ2n) is 7.63. The summed E-state index contributed by atoms with van der Waals surface area (Å²) < 4.78 is 6.28. The number of urea groups is 1. The van der Waals surface area contributed by atoms with Gasteiger partial charge in [-0.2, -0.15) is 0 Å². The predicted molar refractivity (Wildman–Crippen MR) is 95.4 cm³/mol. The minimum absolute atomic E-state index is 0.0342. The van der Waals surface area contributed by atoms with Crippen LogP contribution in [0.4, 0.5) is 16.2 Å². The fourth-order valence-electron chi connectivity index (χ4n) is 2.34. The molecule has 0 aromatic heterocycles. The summed E-state index contributed by atoms with van der Waals surface area (Å²) in [6, 6.07) is 4.23. The van der Waals surface area contributed by atoms with Crippen molar-refractivity contribution in [3.8, 4) is 0 Å². The molecule has 2 rings (SSSR count). The largest absolute Gasteiger partial charge is 0.397 e. The van der Waals surface area contributed by atoms with Crippen LogP contribution in [0.25, 0.3) is 0 Å². The smallest absolute Gasteiger partial charge is 0.324 e. The summed E-state index contributed by atoms with van der Waals surface area (Å²) in [5, 5.41) is 13.6. The first kappa shape index (κ1) is 18.4. The van der Waals surface area contributed by atoms with Crippen molar-refractivity contribution in [2.45, 2.75) is 58.6 Å². The molecule has 2 amide bonds. The Morgan fingerprint density at radius 1 is 1.38 bits per heavy atom. The highest BCUT2D eigenvalue weighted by Gasteiger charge is 2.40. The molecule has 1 aromatic rings. The van der Waals surface area contributed by atoms with Gasteiger partial charge >= 0.3 is 6.03 Å². The first-order valence-electron chi connectivity index (χ1n) is 7.95. The maximum atomic E-state index is 12.4. The number of carbonyl (C=O) groups is 1. The zero-order valence-corrected chi connectivity index (χ0v) is 16.0. The lowest BCUT2D eigenvalue weighted by Crippen LogP contribution is -2.51. The number of anilines is 1. The third-order valence-electron chi connectivity index (χ3n) is 4.86. The zero-order chi connectivity index (χ0) is 18.3. The van der Waals surface area contributed by atoms with E-state index in [9.17, 15) is 14.9 Å². The molecule has 0 aliphatic carbocycles. The van der Waals surface area contributed by atoms with Gasteiger partial charge in [0, 0.05) is 12.1 Å². The molecule has 0 radical (unpaired) electrons. The first-order valence-corrected chi connectivity index (χ1v) is 10.9. The Morgan fingerprint density at radius 3 is 2.54 bits per heavy atom. The van der Waals surface area contributed by atoms with Crippen LogP contribution in [0.2, 0.25) is 18.1 Å². The second kappa shape index (κ2) is 6.17. The number of amides is 2. The van der Waals surface area contributed by atoms with Gasteiger partial charge in [-0.3, -0.25) is 15.0 Å². The van der Waals surface area contributed by atoms with E-state index in [1.165, 1.54) is 12.1 Å². The Labute approximate surface area is 143 Å². The van der Waals surface area contributed by atoms with Crippen LogP contribution in [-0.4, -0.2) is 30.4 Å². The van der Waals surface area contributed by atoms with E-state index in [4.69, 9.17) is 4.43 Å². The van der Waals surface area contributed by atoms with E-state index in [0.29, 0.717) is 12.2 Å². The number of nitro groups is 1. The first-order chi connectivity index (χ1) is 10.9. The third kappa shape index (κ3) is 3.59. The number of non-ortho nitro benzene ring substituents is 1. The Balaban J connectivity index is 2.19. The summed E-state index contributed by atoms with van der Waals surface area (Å²) in [7, 11) is -2.01. The molecule has 1 atom stereocenters. The van der Waals surface area contributed by atoms with Crippen LogP contribution in [0.1, 0.15) is 33.3 Å². The number of carbonyl (C=O) groups excluding carboxylic acids is 1. The van der Waals surface area contributed by atoms with Crippen molar-refractivity contribution < 1.29 is 14.1 Å². The molecular formula is C16H25N3O4Si. The molecular weight excluding hydrogens is 326 g/mol. The highest BCUT2D eigenvalue weighted by Crippen LogP contribution is 2.38. The molecule has 0 fully saturated rings. The summed E-state index contributed by atoms with van der Waals surface area (Å²) >= 11 is 0. The maximum absolute atomic E-state index is 12.4. The van der Waals surface area contributed by atoms with Gasteiger partial charge in [-0.15, -0.1) is 0 Å². The van der Waals surface area contributed by atoms with E-state index in [1.54, 1.807) is 11.0 Å². The Hall–Kier alpha value is -1.93. The molecule has 1 aliphatic rings. The van der Waals surface area contributed by atoms with E-state index in [-0.39, 0.29) is 23.0 Å². The van der Waals surface area contributed by atoms with Gasteiger partial charge in [-0.1, -0.05) is 20.8 Å². The molecule has 1 N–H and O–H groups in total. The van der Waals surface area contributed by atoms with Crippen LogP contribution in [0.5, 0.6) is 0 Å². The SMILES string of the molecule is CC(O[Si](C)(C)C(C)(C)C)N1Cc2ccc([N+](=O)[O-])cc2NC1=O. The van der Waals surface area contributed by atoms with Gasteiger partial charge in [0.2, 0.25) is 0 Å². The summed E-state index contributed by atoms with van der Waals surface area (Å²) in [5.41, 5.74) is 1.30. The summed E-state index contributed by atoms with van der Waals surface area (Å²) in [6.45, 7) is 13.0. The van der Waals surface area contributed by atoms with Gasteiger partial charge in [-0.05, 0) is 36.7 Å². The lowest BCUT2D eigenvalue weighted by Gasteiger charge is -2.42. The average molecular weight is 351 g/mol. The minimum Gasteiger partial charge on any atom is -0.397 e. The number of rotatable bonds is 4. The molecule has 0 bridgehead atoms. The molecule has 0 saturated carbocycles. The Morgan fingerprint density at radius 2 is 2.00 bits per heavy atom. The van der Waals surface area contributed by atoms with Gasteiger partial charge in [0.05, 0.1) is 17.2 Å². The van der Waals surface area contributed by atoms with E-state index in [2.05, 4.69) is 39.2 Å². The van der Waals surface area contributed by atoms with Crippen molar-refractivity contribution >= 4 is 25.7 Å². The van der Waals surface area contributed by atoms with E-state index in [1.807, 2.05) is 6.92 Å². The molecule has 7 nitrogen and oxygen atoms in total. The van der Waals surface area contributed by atoms with Gasteiger partial charge in [0.25, 0.3) is 5.69 Å². The topological polar surface area (TPSA) is 84.7 Å². The molecule has 1 aliphatic heterocycles. The number of nitro benzene ring substituents is 1. The summed E-state index contributed by atoms with van der Waals surface area (Å²) in [5.74, 6) is 0. The number of hydrogen-bond acceptors (Lipinski definition) is 4. The molecule has 1 unspecified atom stereocenters. The lowest BCUT2D eigenvalue weighted by atomic mass is 10.1. The van der Waals surface area contributed by atoms with Crippen molar-refractivity contribution in [3.05, 3.63) is 33.9 Å². The number of nitrogens with zero attached hydrogens (tertiary/aromatic N) is 2. The van der Waals surface area contributed by atoms with E-state index < -0.39 is 13.2 Å². The third-order valence-corrected chi connectivity index (χ3v) is 9.40. The number of nitrogens with one attached hydrogen (secondary N) is 1. The highest BCUT2D eigenvalue weighted by molar-refractivity contribution is 6.74. The van der Waals surface area contributed by atoms with Crippen LogP contribution in [-0.2, 0) is 11.0 Å². The average Bonchev–Trinajstić information content (AvgIpc) is 2.43. The molecule has 0 spiro atoms. The van der Waals surface area contributed by atoms with Crippen LogP contribution in [0, 0.1) is 10.1 Å². The Bertz CT molecular complexity index is 670. The normalized spacial score (nSPS) is 16.4. The van der Waals surface area contributed by atoms with Crippen molar-refractivity contribution in [2.75, 3.05) is 5.32 Å². The second-order valence-corrected chi connectivity index (χ2v) is 12.4. The Kier molecular flexibility index (Phi) is 4.74. The van der Waals surface area contributed by atoms with Crippen LogP contribution in [0.15, 0.2) is 18.2 Å². The number of fused-ring (bicyclic) bond motifs is 1. The van der Waals surface area contributed by atoms with Gasteiger partial charge in [0.1, 0.15) is 6.23 Å². The minimum atomic E-state index is -2.01. The fraction of sp³-hybridized carbons (Fsp3) is 0.562. The van der Waals surface area contributed by atoms with E-state index >= 15 is 0 Å². The standard InChI is InChI=1S/C16H25N3O4Si/c1-11(23-24(5,6)16(2,3)4)18-10-12-7-8-13(19(21)22)9-14(12)17-15(18)20/h7-9,11H,10H2,1-6H3,(H,17,20). The molecule has 0 saturated heterocycles. The van der Waals surface area contributed by atoms with Crippen molar-refractivity contribution in [1.29, 1.82) is 0 Å². The molecule has 132 valence electrons. The van der Waals surface area contributed by atoms with E-state index in [0.717, 1.165) is 5.56 Å². The zero-order valence-electron chi connectivity index (χ0n) is 15.0. The predicted octanol–water partition coefficient (Wildman–Crippen LogP) is 4.31. The number of hydrogen-bond donors (Lipinski definition) is 1. The molecule has 1 aromatic carbocycles. The van der Waals surface area contributed by atoms with Crippen LogP contribution >= 0.6 is 0 Å². The van der Waals surface area contributed by atoms with Crippen molar-refractivity contribution in [3.63, 3.8) is 0 Å². The van der Waals surface area contributed by atoms with Gasteiger partial charge in [0.15, 0.2) is 8.32 Å². The van der Waals surface area contributed by atoms with Crippen molar-refractivity contribution in [1.82, 2.24) is 4.90 Å². The molecule has 24 heavy (non-hydrogen) atoms. The van der Waals surface area contributed by atoms with Gasteiger partial charge < -0.3 is 9.74 Å². The van der Waals surface area contributed by atoms with Crippen molar-refractivity contribution in [2.24, 2.45) is 0 Å². The molecule has 8 heteroatoms. The summed E-state index contributed by atoms with van der Waals surface area (Å²) in [6.07, 6.45) is -0.366. The van der Waals surface area contributed by atoms with Crippen LogP contribution < -0.4 is 5.32 Å². The fourth-order valence-corrected chi connectivity index (χ4v) is 3.67. The van der Waals surface area contributed by atoms with Crippen LogP contribution in [0.3, 0.4) is 0 Å². The quantitative estimate of drug-likeness (QED) is 0.497. The van der Waals surface area contributed by atoms with Gasteiger partial charge in [-0.25, -0.2) is 4.79 Å². The summed E-state index contributed by atoms with van der Waals surface area (Å²) in [4.78, 5) is 24.4. The maximum Gasteiger partial charge on any atom is 0.324 e.